The van der Waals surface area contributed by atoms with E-state index in [4.69, 9.17) is 4.74 Å². The molecular weight excluding hydrogens is 363 g/mol. The minimum Gasteiger partial charge on any atom is -0.379 e. The molecule has 2 fully saturated rings. The first-order chi connectivity index (χ1) is 12.4. The second-order valence-corrected chi connectivity index (χ2v) is 8.18. The Bertz CT molecular complexity index is 714. The predicted molar refractivity (Wildman–Crippen MR) is 94.4 cm³/mol. The van der Waals surface area contributed by atoms with Crippen molar-refractivity contribution in [3.8, 4) is 0 Å². The Kier molecular flexibility index (Phi) is 6.20. The highest BCUT2D eigenvalue weighted by atomic mass is 32.2. The molecule has 0 spiro atoms. The van der Waals surface area contributed by atoms with Crippen LogP contribution in [0.25, 0.3) is 0 Å². The van der Waals surface area contributed by atoms with Gasteiger partial charge in [0.2, 0.25) is 5.91 Å². The van der Waals surface area contributed by atoms with Gasteiger partial charge in [-0.25, -0.2) is 4.39 Å². The molecule has 2 saturated heterocycles. The standard InChI is InChI=1S/C16H23FN4O4S/c17-14-1-3-15(4-2-14)18-16(22)13-19-5-7-20(8-6-19)26(23,24)21-9-11-25-12-10-21/h1-4H,5-13H2,(H,18,22). The van der Waals surface area contributed by atoms with Crippen molar-refractivity contribution < 1.29 is 22.3 Å². The number of halogens is 1. The van der Waals surface area contributed by atoms with Gasteiger partial charge in [0.15, 0.2) is 0 Å². The van der Waals surface area contributed by atoms with Crippen LogP contribution in [0.1, 0.15) is 0 Å². The topological polar surface area (TPSA) is 82.2 Å². The molecule has 1 aromatic rings. The second kappa shape index (κ2) is 8.40. The number of nitrogens with one attached hydrogen (secondary N) is 1. The molecule has 0 saturated carbocycles. The normalized spacial score (nSPS) is 20.8. The minimum absolute atomic E-state index is 0.169. The molecule has 2 aliphatic rings. The summed E-state index contributed by atoms with van der Waals surface area (Å²) in [5.74, 6) is -0.568. The van der Waals surface area contributed by atoms with E-state index in [-0.39, 0.29) is 18.3 Å². The van der Waals surface area contributed by atoms with Gasteiger partial charge in [0.05, 0.1) is 19.8 Å². The van der Waals surface area contributed by atoms with Crippen LogP contribution in [-0.4, -0.2) is 86.9 Å². The average Bonchev–Trinajstić information content (AvgIpc) is 2.65. The number of hydrogen-bond acceptors (Lipinski definition) is 5. The summed E-state index contributed by atoms with van der Waals surface area (Å²) in [5, 5.41) is 2.71. The van der Waals surface area contributed by atoms with Crippen LogP contribution in [0.2, 0.25) is 0 Å². The van der Waals surface area contributed by atoms with Gasteiger partial charge in [-0.15, -0.1) is 0 Å². The maximum atomic E-state index is 12.9. The van der Waals surface area contributed by atoms with Gasteiger partial charge < -0.3 is 10.1 Å². The summed E-state index contributed by atoms with van der Waals surface area (Å²) >= 11 is 0. The Balaban J connectivity index is 1.47. The average molecular weight is 386 g/mol. The number of amides is 1. The molecule has 0 unspecified atom stereocenters. The van der Waals surface area contributed by atoms with Crippen molar-refractivity contribution in [1.29, 1.82) is 0 Å². The van der Waals surface area contributed by atoms with Crippen LogP contribution in [-0.2, 0) is 19.7 Å². The number of anilines is 1. The van der Waals surface area contributed by atoms with Crippen LogP contribution in [0, 0.1) is 5.82 Å². The third-order valence-corrected chi connectivity index (χ3v) is 6.48. The molecule has 2 aliphatic heterocycles. The number of rotatable bonds is 5. The molecular formula is C16H23FN4O4S. The van der Waals surface area contributed by atoms with Crippen molar-refractivity contribution in [2.75, 3.05) is 64.3 Å². The number of ether oxygens (including phenoxy) is 1. The van der Waals surface area contributed by atoms with Crippen LogP contribution in [0.5, 0.6) is 0 Å². The molecule has 26 heavy (non-hydrogen) atoms. The van der Waals surface area contributed by atoms with Crippen molar-refractivity contribution in [3.05, 3.63) is 30.1 Å². The number of morpholine rings is 1. The van der Waals surface area contributed by atoms with E-state index in [1.165, 1.54) is 32.9 Å². The first kappa shape index (κ1) is 19.2. The minimum atomic E-state index is -3.47. The number of hydrogen-bond donors (Lipinski definition) is 1. The molecule has 0 radical (unpaired) electrons. The van der Waals surface area contributed by atoms with Gasteiger partial charge in [-0.1, -0.05) is 0 Å². The fourth-order valence-corrected chi connectivity index (χ4v) is 4.56. The largest absolute Gasteiger partial charge is 0.379 e. The molecule has 3 rings (SSSR count). The van der Waals surface area contributed by atoms with Gasteiger partial charge in [-0.3, -0.25) is 9.69 Å². The van der Waals surface area contributed by atoms with Crippen LogP contribution in [0.4, 0.5) is 10.1 Å². The molecule has 10 heteroatoms. The van der Waals surface area contributed by atoms with Gasteiger partial charge in [-0.2, -0.15) is 17.0 Å². The third-order valence-electron chi connectivity index (χ3n) is 4.45. The lowest BCUT2D eigenvalue weighted by Crippen LogP contribution is -2.55. The molecule has 0 aliphatic carbocycles. The van der Waals surface area contributed by atoms with Crippen molar-refractivity contribution in [1.82, 2.24) is 13.5 Å². The lowest BCUT2D eigenvalue weighted by atomic mass is 10.3. The van der Waals surface area contributed by atoms with E-state index in [1.807, 2.05) is 4.90 Å². The summed E-state index contributed by atoms with van der Waals surface area (Å²) in [6.07, 6.45) is 0. The van der Waals surface area contributed by atoms with E-state index < -0.39 is 10.2 Å². The molecule has 0 aromatic heterocycles. The highest BCUT2D eigenvalue weighted by Crippen LogP contribution is 2.14. The van der Waals surface area contributed by atoms with E-state index in [0.717, 1.165) is 0 Å². The Hall–Kier alpha value is -1.59. The number of nitrogens with zero attached hydrogens (tertiary/aromatic N) is 3. The van der Waals surface area contributed by atoms with Crippen molar-refractivity contribution in [3.63, 3.8) is 0 Å². The van der Waals surface area contributed by atoms with Gasteiger partial charge in [0.1, 0.15) is 5.82 Å². The van der Waals surface area contributed by atoms with Crippen molar-refractivity contribution in [2.24, 2.45) is 0 Å². The molecule has 1 amide bonds. The SMILES string of the molecule is O=C(CN1CCN(S(=O)(=O)N2CCOCC2)CC1)Nc1ccc(F)cc1. The molecule has 0 atom stereocenters. The maximum Gasteiger partial charge on any atom is 0.282 e. The fourth-order valence-electron chi connectivity index (χ4n) is 3.00. The highest BCUT2D eigenvalue weighted by Gasteiger charge is 2.33. The Morgan fingerprint density at radius 3 is 2.19 bits per heavy atom. The van der Waals surface area contributed by atoms with Gasteiger partial charge in [0, 0.05) is 45.0 Å². The van der Waals surface area contributed by atoms with E-state index in [1.54, 1.807) is 0 Å². The summed E-state index contributed by atoms with van der Waals surface area (Å²) in [7, 11) is -3.47. The zero-order valence-electron chi connectivity index (χ0n) is 14.4. The molecule has 144 valence electrons. The van der Waals surface area contributed by atoms with Crippen LogP contribution < -0.4 is 5.32 Å². The number of piperazine rings is 1. The summed E-state index contributed by atoms with van der Waals surface area (Å²) in [6.45, 7) is 3.44. The fraction of sp³-hybridized carbons (Fsp3) is 0.562. The summed E-state index contributed by atoms with van der Waals surface area (Å²) < 4.78 is 46.2. The molecule has 1 aromatic carbocycles. The van der Waals surface area contributed by atoms with Gasteiger partial charge in [0.25, 0.3) is 10.2 Å². The van der Waals surface area contributed by atoms with E-state index >= 15 is 0 Å². The highest BCUT2D eigenvalue weighted by molar-refractivity contribution is 7.86. The van der Waals surface area contributed by atoms with E-state index in [9.17, 15) is 17.6 Å². The van der Waals surface area contributed by atoms with E-state index in [0.29, 0.717) is 58.2 Å². The molecule has 0 bridgehead atoms. The number of benzene rings is 1. The van der Waals surface area contributed by atoms with Crippen LogP contribution in [0.3, 0.4) is 0 Å². The molecule has 2 heterocycles. The van der Waals surface area contributed by atoms with Crippen molar-refractivity contribution in [2.45, 2.75) is 0 Å². The van der Waals surface area contributed by atoms with Crippen LogP contribution >= 0.6 is 0 Å². The first-order valence-corrected chi connectivity index (χ1v) is 9.95. The Morgan fingerprint density at radius 1 is 1.00 bits per heavy atom. The smallest absolute Gasteiger partial charge is 0.282 e. The van der Waals surface area contributed by atoms with Crippen molar-refractivity contribution >= 4 is 21.8 Å². The number of carbonyl (C=O) groups is 1. The second-order valence-electron chi connectivity index (χ2n) is 6.25. The predicted octanol–water partition coefficient (Wildman–Crippen LogP) is -0.0412. The van der Waals surface area contributed by atoms with E-state index in [2.05, 4.69) is 5.32 Å². The van der Waals surface area contributed by atoms with Gasteiger partial charge >= 0.3 is 0 Å². The zero-order chi connectivity index (χ0) is 18.6. The summed E-state index contributed by atoms with van der Waals surface area (Å²) in [5.41, 5.74) is 0.532. The summed E-state index contributed by atoms with van der Waals surface area (Å²) in [6, 6.07) is 5.57. The molecule has 1 N–H and O–H groups in total. The lowest BCUT2D eigenvalue weighted by molar-refractivity contribution is -0.117. The quantitative estimate of drug-likeness (QED) is 0.768. The number of carbonyl (C=O) groups excluding carboxylic acids is 1. The third kappa shape index (κ3) is 4.77. The zero-order valence-corrected chi connectivity index (χ0v) is 15.3. The van der Waals surface area contributed by atoms with Gasteiger partial charge in [-0.05, 0) is 24.3 Å². The first-order valence-electron chi connectivity index (χ1n) is 8.56. The Morgan fingerprint density at radius 2 is 1.58 bits per heavy atom. The summed E-state index contributed by atoms with van der Waals surface area (Å²) in [4.78, 5) is 14.0. The lowest BCUT2D eigenvalue weighted by Gasteiger charge is -2.37. The molecule has 8 nitrogen and oxygen atoms in total. The van der Waals surface area contributed by atoms with Crippen LogP contribution in [0.15, 0.2) is 24.3 Å². The monoisotopic (exact) mass is 386 g/mol. The Labute approximate surface area is 152 Å². The maximum absolute atomic E-state index is 12.9.